The molecule has 2 rings (SSSR count). The summed E-state index contributed by atoms with van der Waals surface area (Å²) in [4.78, 5) is 10.2. The molecular weight excluding hydrogens is 264 g/mol. The van der Waals surface area contributed by atoms with Gasteiger partial charge >= 0.3 is 0 Å². The lowest BCUT2D eigenvalue weighted by Crippen LogP contribution is -2.35. The quantitative estimate of drug-likeness (QED) is 0.657. The largest absolute Gasteiger partial charge is 0.381 e. The molecule has 0 unspecified atom stereocenters. The first-order valence-corrected chi connectivity index (χ1v) is 7.07. The molecule has 1 aliphatic carbocycles. The molecule has 0 aromatic heterocycles. The van der Waals surface area contributed by atoms with Crippen molar-refractivity contribution in [2.45, 2.75) is 39.2 Å². The number of anilines is 1. The van der Waals surface area contributed by atoms with Gasteiger partial charge in [0.25, 0.3) is 5.69 Å². The number of hydrogen-bond acceptors (Lipinski definition) is 3. The summed E-state index contributed by atoms with van der Waals surface area (Å²) in [5, 5.41) is 14.5. The van der Waals surface area contributed by atoms with Gasteiger partial charge in [-0.2, -0.15) is 0 Å². The van der Waals surface area contributed by atoms with Crippen LogP contribution in [0, 0.1) is 22.0 Å². The van der Waals surface area contributed by atoms with Crippen molar-refractivity contribution in [3.8, 4) is 0 Å². The van der Waals surface area contributed by atoms with E-state index in [1.807, 2.05) is 0 Å². The van der Waals surface area contributed by atoms with Crippen molar-refractivity contribution in [2.75, 3.05) is 5.32 Å². The Hall–Kier alpha value is -1.29. The van der Waals surface area contributed by atoms with Crippen molar-refractivity contribution >= 4 is 23.0 Å². The lowest BCUT2D eigenvalue weighted by molar-refractivity contribution is -0.384. The fourth-order valence-electron chi connectivity index (χ4n) is 2.72. The highest BCUT2D eigenvalue weighted by molar-refractivity contribution is 6.33. The molecule has 104 valence electrons. The first kappa shape index (κ1) is 14.1. The van der Waals surface area contributed by atoms with E-state index in [4.69, 9.17) is 11.6 Å². The average molecular weight is 283 g/mol. The first-order valence-electron chi connectivity index (χ1n) is 6.69. The van der Waals surface area contributed by atoms with Crippen molar-refractivity contribution in [3.05, 3.63) is 33.3 Å². The zero-order valence-electron chi connectivity index (χ0n) is 11.2. The van der Waals surface area contributed by atoms with E-state index in [1.165, 1.54) is 25.0 Å². The van der Waals surface area contributed by atoms with Gasteiger partial charge in [0.1, 0.15) is 0 Å². The van der Waals surface area contributed by atoms with Crippen LogP contribution >= 0.6 is 11.6 Å². The highest BCUT2D eigenvalue weighted by Gasteiger charge is 2.27. The molecule has 1 N–H and O–H groups in total. The van der Waals surface area contributed by atoms with Crippen LogP contribution < -0.4 is 5.32 Å². The van der Waals surface area contributed by atoms with Gasteiger partial charge in [-0.25, -0.2) is 0 Å². The molecule has 1 aliphatic rings. The topological polar surface area (TPSA) is 55.2 Å². The average Bonchev–Trinajstić information content (AvgIpc) is 2.37. The molecule has 19 heavy (non-hydrogen) atoms. The van der Waals surface area contributed by atoms with E-state index in [2.05, 4.69) is 19.2 Å². The molecule has 0 heterocycles. The maximum atomic E-state index is 10.7. The molecule has 5 heteroatoms. The van der Waals surface area contributed by atoms with Crippen LogP contribution in [0.1, 0.15) is 33.1 Å². The summed E-state index contributed by atoms with van der Waals surface area (Å²) in [6.45, 7) is 4.52. The third-order valence-corrected chi connectivity index (χ3v) is 4.52. The van der Waals surface area contributed by atoms with Crippen LogP contribution in [-0.4, -0.2) is 11.0 Å². The van der Waals surface area contributed by atoms with E-state index in [-0.39, 0.29) is 5.69 Å². The second kappa shape index (κ2) is 5.78. The third kappa shape index (κ3) is 3.18. The monoisotopic (exact) mass is 282 g/mol. The van der Waals surface area contributed by atoms with E-state index in [0.717, 1.165) is 12.1 Å². The minimum absolute atomic E-state index is 0.0283. The van der Waals surface area contributed by atoms with E-state index < -0.39 is 4.92 Å². The standard InChI is InChI=1S/C14H19ClN2O2/c1-9-4-3-5-13(10(9)2)16-14-7-6-11(17(18)19)8-12(14)15/h6-10,13,16H,3-5H2,1-2H3/t9-,10-,13+/m1/s1. The maximum Gasteiger partial charge on any atom is 0.271 e. The van der Waals surface area contributed by atoms with Crippen molar-refractivity contribution in [2.24, 2.45) is 11.8 Å². The highest BCUT2D eigenvalue weighted by atomic mass is 35.5. The zero-order valence-corrected chi connectivity index (χ0v) is 12.0. The summed E-state index contributed by atoms with van der Waals surface area (Å²) in [6, 6.07) is 4.99. The van der Waals surface area contributed by atoms with Crippen LogP contribution in [0.15, 0.2) is 18.2 Å². The van der Waals surface area contributed by atoms with Crippen LogP contribution in [0.3, 0.4) is 0 Å². The van der Waals surface area contributed by atoms with Crippen LogP contribution in [0.4, 0.5) is 11.4 Å². The van der Waals surface area contributed by atoms with E-state index >= 15 is 0 Å². The molecule has 1 fully saturated rings. The SMILES string of the molecule is C[C@@H]1[C@H](C)CCC[C@@H]1Nc1ccc([N+](=O)[O-])cc1Cl. The number of non-ortho nitro benzene ring substituents is 1. The number of rotatable bonds is 3. The lowest BCUT2D eigenvalue weighted by atomic mass is 9.78. The molecule has 3 atom stereocenters. The van der Waals surface area contributed by atoms with Gasteiger partial charge in [-0.05, 0) is 24.3 Å². The summed E-state index contributed by atoms with van der Waals surface area (Å²) in [5.41, 5.74) is 0.818. The predicted octanol–water partition coefficient (Wildman–Crippen LogP) is 4.48. The summed E-state index contributed by atoms with van der Waals surface area (Å²) in [6.07, 6.45) is 3.61. The van der Waals surface area contributed by atoms with Gasteiger partial charge in [0.15, 0.2) is 0 Å². The van der Waals surface area contributed by atoms with E-state index in [9.17, 15) is 10.1 Å². The molecule has 0 spiro atoms. The van der Waals surface area contributed by atoms with Crippen LogP contribution in [-0.2, 0) is 0 Å². The molecule has 0 saturated heterocycles. The third-order valence-electron chi connectivity index (χ3n) is 4.21. The molecule has 0 amide bonds. The van der Waals surface area contributed by atoms with Crippen molar-refractivity contribution < 1.29 is 4.92 Å². The molecule has 0 aliphatic heterocycles. The first-order chi connectivity index (χ1) is 8.99. The number of hydrogen-bond donors (Lipinski definition) is 1. The Labute approximate surface area is 118 Å². The fourth-order valence-corrected chi connectivity index (χ4v) is 2.95. The lowest BCUT2D eigenvalue weighted by Gasteiger charge is -2.35. The van der Waals surface area contributed by atoms with Crippen LogP contribution in [0.2, 0.25) is 5.02 Å². The van der Waals surface area contributed by atoms with Crippen LogP contribution in [0.5, 0.6) is 0 Å². The molecule has 0 bridgehead atoms. The van der Waals surface area contributed by atoms with Gasteiger partial charge in [-0.15, -0.1) is 0 Å². The molecule has 1 aromatic carbocycles. The van der Waals surface area contributed by atoms with E-state index in [0.29, 0.717) is 22.9 Å². The Morgan fingerprint density at radius 2 is 2.11 bits per heavy atom. The normalized spacial score (nSPS) is 27.0. The number of nitro benzene ring substituents is 1. The van der Waals surface area contributed by atoms with Gasteiger partial charge in [0.05, 0.1) is 15.6 Å². The van der Waals surface area contributed by atoms with Crippen molar-refractivity contribution in [3.63, 3.8) is 0 Å². The number of nitro groups is 1. The van der Waals surface area contributed by atoms with Gasteiger partial charge in [0.2, 0.25) is 0 Å². The summed E-state index contributed by atoms with van der Waals surface area (Å²) in [7, 11) is 0. The highest BCUT2D eigenvalue weighted by Crippen LogP contribution is 2.34. The maximum absolute atomic E-state index is 10.7. The Morgan fingerprint density at radius 1 is 1.37 bits per heavy atom. The summed E-state index contributed by atoms with van der Waals surface area (Å²) in [5.74, 6) is 1.28. The number of halogens is 1. The molecule has 1 aromatic rings. The van der Waals surface area contributed by atoms with Crippen molar-refractivity contribution in [1.29, 1.82) is 0 Å². The smallest absolute Gasteiger partial charge is 0.271 e. The predicted molar refractivity (Wildman–Crippen MR) is 77.7 cm³/mol. The van der Waals surface area contributed by atoms with Gasteiger partial charge in [-0.1, -0.05) is 38.3 Å². The van der Waals surface area contributed by atoms with Gasteiger partial charge in [0, 0.05) is 18.2 Å². The van der Waals surface area contributed by atoms with Gasteiger partial charge < -0.3 is 5.32 Å². The number of nitrogens with zero attached hydrogens (tertiary/aromatic N) is 1. The van der Waals surface area contributed by atoms with E-state index in [1.54, 1.807) is 6.07 Å². The fraction of sp³-hybridized carbons (Fsp3) is 0.571. The molecule has 4 nitrogen and oxygen atoms in total. The van der Waals surface area contributed by atoms with Gasteiger partial charge in [-0.3, -0.25) is 10.1 Å². The Morgan fingerprint density at radius 3 is 2.74 bits per heavy atom. The molecule has 1 saturated carbocycles. The Bertz CT molecular complexity index is 479. The van der Waals surface area contributed by atoms with Crippen LogP contribution in [0.25, 0.3) is 0 Å². The summed E-state index contributed by atoms with van der Waals surface area (Å²) < 4.78 is 0. The minimum atomic E-state index is -0.430. The summed E-state index contributed by atoms with van der Waals surface area (Å²) >= 11 is 6.11. The number of nitrogens with one attached hydrogen (secondary N) is 1. The Kier molecular flexibility index (Phi) is 4.30. The number of benzene rings is 1. The Balaban J connectivity index is 2.12. The minimum Gasteiger partial charge on any atom is -0.381 e. The zero-order chi connectivity index (χ0) is 14.0. The molecular formula is C14H19ClN2O2. The second-order valence-electron chi connectivity index (χ2n) is 5.44. The molecule has 0 radical (unpaired) electrons. The van der Waals surface area contributed by atoms with Crippen molar-refractivity contribution in [1.82, 2.24) is 0 Å². The second-order valence-corrected chi connectivity index (χ2v) is 5.85.